The Morgan fingerprint density at radius 1 is 1.28 bits per heavy atom. The van der Waals surface area contributed by atoms with E-state index in [0.29, 0.717) is 6.04 Å². The van der Waals surface area contributed by atoms with E-state index in [9.17, 15) is 0 Å². The number of nitrogens with one attached hydrogen (secondary N) is 2. The number of rotatable bonds is 5. The third-order valence-corrected chi connectivity index (χ3v) is 6.15. The van der Waals surface area contributed by atoms with Crippen molar-refractivity contribution in [2.75, 3.05) is 20.1 Å². The highest BCUT2D eigenvalue weighted by Crippen LogP contribution is 2.19. The summed E-state index contributed by atoms with van der Waals surface area (Å²) >= 11 is 5.25. The number of nitrogens with zero attached hydrogens (tertiary/aromatic N) is 2. The Morgan fingerprint density at radius 3 is 2.68 bits per heavy atom. The Labute approximate surface area is 162 Å². The molecular formula is C19H25BrN4S. The van der Waals surface area contributed by atoms with Crippen LogP contribution in [0, 0.1) is 0 Å². The van der Waals surface area contributed by atoms with Crippen molar-refractivity contribution in [2.24, 2.45) is 4.99 Å². The van der Waals surface area contributed by atoms with Gasteiger partial charge in [0.25, 0.3) is 0 Å². The molecule has 6 heteroatoms. The van der Waals surface area contributed by atoms with E-state index in [-0.39, 0.29) is 0 Å². The van der Waals surface area contributed by atoms with Gasteiger partial charge in [-0.05, 0) is 40.4 Å². The van der Waals surface area contributed by atoms with Crippen LogP contribution < -0.4 is 10.6 Å². The van der Waals surface area contributed by atoms with E-state index in [4.69, 9.17) is 0 Å². The molecule has 1 aliphatic rings. The minimum Gasteiger partial charge on any atom is -0.354 e. The van der Waals surface area contributed by atoms with Gasteiger partial charge in [0.2, 0.25) is 0 Å². The molecule has 0 atom stereocenters. The van der Waals surface area contributed by atoms with E-state index < -0.39 is 0 Å². The zero-order valence-electron chi connectivity index (χ0n) is 14.5. The van der Waals surface area contributed by atoms with Crippen LogP contribution in [-0.2, 0) is 13.1 Å². The summed E-state index contributed by atoms with van der Waals surface area (Å²) in [6.07, 6.45) is 2.30. The molecule has 4 nitrogen and oxygen atoms in total. The lowest BCUT2D eigenvalue weighted by Gasteiger charge is -2.33. The minimum atomic E-state index is 0.494. The molecule has 0 amide bonds. The van der Waals surface area contributed by atoms with Gasteiger partial charge in [0, 0.05) is 47.5 Å². The number of piperidine rings is 1. The second-order valence-electron chi connectivity index (χ2n) is 6.34. The number of likely N-dealkylation sites (tertiary alicyclic amines) is 1. The SMILES string of the molecule is CN=C(NCc1cc(Br)cs1)NC1CCN(Cc2ccccc2)CC1. The van der Waals surface area contributed by atoms with Crippen LogP contribution in [0.2, 0.25) is 0 Å². The number of thiophene rings is 1. The highest BCUT2D eigenvalue weighted by molar-refractivity contribution is 9.10. The molecule has 1 aromatic carbocycles. The van der Waals surface area contributed by atoms with Crippen molar-refractivity contribution in [3.05, 3.63) is 56.7 Å². The molecule has 0 spiro atoms. The first-order valence-electron chi connectivity index (χ1n) is 8.69. The maximum Gasteiger partial charge on any atom is 0.191 e. The van der Waals surface area contributed by atoms with Crippen LogP contribution in [0.25, 0.3) is 0 Å². The topological polar surface area (TPSA) is 39.7 Å². The van der Waals surface area contributed by atoms with E-state index in [2.05, 4.69) is 78.2 Å². The number of aliphatic imine (C=N–C) groups is 1. The second-order valence-corrected chi connectivity index (χ2v) is 8.25. The van der Waals surface area contributed by atoms with E-state index in [0.717, 1.165) is 49.5 Å². The first-order chi connectivity index (χ1) is 12.2. The van der Waals surface area contributed by atoms with Crippen LogP contribution in [0.4, 0.5) is 0 Å². The van der Waals surface area contributed by atoms with Gasteiger partial charge in [0.15, 0.2) is 5.96 Å². The Balaban J connectivity index is 1.41. The molecule has 1 aliphatic heterocycles. The number of guanidine groups is 1. The van der Waals surface area contributed by atoms with E-state index in [1.807, 2.05) is 7.05 Å². The average Bonchev–Trinajstić information content (AvgIpc) is 3.06. The van der Waals surface area contributed by atoms with Gasteiger partial charge in [0.1, 0.15) is 0 Å². The smallest absolute Gasteiger partial charge is 0.191 e. The first-order valence-corrected chi connectivity index (χ1v) is 10.4. The molecule has 1 saturated heterocycles. The van der Waals surface area contributed by atoms with Gasteiger partial charge in [-0.3, -0.25) is 9.89 Å². The first kappa shape index (κ1) is 18.4. The summed E-state index contributed by atoms with van der Waals surface area (Å²) in [6.45, 7) is 4.11. The van der Waals surface area contributed by atoms with Gasteiger partial charge < -0.3 is 10.6 Å². The lowest BCUT2D eigenvalue weighted by Crippen LogP contribution is -2.48. The summed E-state index contributed by atoms with van der Waals surface area (Å²) in [5.41, 5.74) is 1.40. The molecule has 25 heavy (non-hydrogen) atoms. The summed E-state index contributed by atoms with van der Waals surface area (Å²) in [4.78, 5) is 8.20. The molecule has 134 valence electrons. The fourth-order valence-electron chi connectivity index (χ4n) is 3.08. The van der Waals surface area contributed by atoms with E-state index in [1.165, 1.54) is 10.4 Å². The molecule has 0 radical (unpaired) electrons. The fraction of sp³-hybridized carbons (Fsp3) is 0.421. The Bertz CT molecular complexity index is 678. The summed E-state index contributed by atoms with van der Waals surface area (Å²) in [6, 6.07) is 13.4. The Hall–Kier alpha value is -1.37. The van der Waals surface area contributed by atoms with Crippen LogP contribution in [0.3, 0.4) is 0 Å². The van der Waals surface area contributed by atoms with Crippen LogP contribution in [-0.4, -0.2) is 37.0 Å². The van der Waals surface area contributed by atoms with Gasteiger partial charge in [-0.1, -0.05) is 30.3 Å². The molecular weight excluding hydrogens is 396 g/mol. The van der Waals surface area contributed by atoms with Crippen molar-refractivity contribution in [3.8, 4) is 0 Å². The molecule has 0 bridgehead atoms. The summed E-state index contributed by atoms with van der Waals surface area (Å²) in [5, 5.41) is 9.09. The summed E-state index contributed by atoms with van der Waals surface area (Å²) < 4.78 is 1.14. The van der Waals surface area contributed by atoms with Gasteiger partial charge in [-0.25, -0.2) is 0 Å². The lowest BCUT2D eigenvalue weighted by molar-refractivity contribution is 0.198. The van der Waals surface area contributed by atoms with Crippen molar-refractivity contribution in [2.45, 2.75) is 32.0 Å². The Morgan fingerprint density at radius 2 is 2.04 bits per heavy atom. The number of halogens is 1. The minimum absolute atomic E-state index is 0.494. The zero-order valence-corrected chi connectivity index (χ0v) is 16.9. The summed E-state index contributed by atoms with van der Waals surface area (Å²) in [5.74, 6) is 0.894. The fourth-order valence-corrected chi connectivity index (χ4v) is 4.47. The molecule has 3 rings (SSSR count). The van der Waals surface area contributed by atoms with Crippen molar-refractivity contribution in [1.29, 1.82) is 0 Å². The van der Waals surface area contributed by atoms with Crippen molar-refractivity contribution >= 4 is 33.2 Å². The van der Waals surface area contributed by atoms with Crippen LogP contribution >= 0.6 is 27.3 Å². The largest absolute Gasteiger partial charge is 0.354 e. The zero-order chi connectivity index (χ0) is 17.5. The molecule has 2 heterocycles. The molecule has 1 aromatic heterocycles. The van der Waals surface area contributed by atoms with Crippen molar-refractivity contribution < 1.29 is 0 Å². The average molecular weight is 421 g/mol. The second kappa shape index (κ2) is 9.36. The normalized spacial score (nSPS) is 16.8. The number of benzene rings is 1. The quantitative estimate of drug-likeness (QED) is 0.569. The molecule has 2 aromatic rings. The maximum absolute atomic E-state index is 4.36. The van der Waals surface area contributed by atoms with Gasteiger partial charge in [-0.2, -0.15) is 0 Å². The predicted molar refractivity (Wildman–Crippen MR) is 110 cm³/mol. The highest BCUT2D eigenvalue weighted by atomic mass is 79.9. The van der Waals surface area contributed by atoms with Crippen molar-refractivity contribution in [1.82, 2.24) is 15.5 Å². The molecule has 0 unspecified atom stereocenters. The maximum atomic E-state index is 4.36. The van der Waals surface area contributed by atoms with E-state index in [1.54, 1.807) is 11.3 Å². The molecule has 0 saturated carbocycles. The Kier molecular flexibility index (Phi) is 6.90. The lowest BCUT2D eigenvalue weighted by atomic mass is 10.0. The summed E-state index contributed by atoms with van der Waals surface area (Å²) in [7, 11) is 1.84. The van der Waals surface area contributed by atoms with Crippen molar-refractivity contribution in [3.63, 3.8) is 0 Å². The molecule has 2 N–H and O–H groups in total. The van der Waals surface area contributed by atoms with Gasteiger partial charge in [0.05, 0.1) is 6.54 Å². The van der Waals surface area contributed by atoms with Gasteiger partial charge in [-0.15, -0.1) is 11.3 Å². The highest BCUT2D eigenvalue weighted by Gasteiger charge is 2.20. The standard InChI is InChI=1S/C19H25BrN4S/c1-21-19(22-12-18-11-16(20)14-25-18)23-17-7-9-24(10-8-17)13-15-5-3-2-4-6-15/h2-6,11,14,17H,7-10,12-13H2,1H3,(H2,21,22,23). The third kappa shape index (κ3) is 5.83. The van der Waals surface area contributed by atoms with E-state index >= 15 is 0 Å². The number of hydrogen-bond acceptors (Lipinski definition) is 3. The van der Waals surface area contributed by atoms with Crippen LogP contribution in [0.15, 0.2) is 51.2 Å². The molecule has 0 aliphatic carbocycles. The van der Waals surface area contributed by atoms with Crippen LogP contribution in [0.1, 0.15) is 23.3 Å². The monoisotopic (exact) mass is 420 g/mol. The van der Waals surface area contributed by atoms with Gasteiger partial charge >= 0.3 is 0 Å². The number of hydrogen-bond donors (Lipinski definition) is 2. The van der Waals surface area contributed by atoms with Crippen LogP contribution in [0.5, 0.6) is 0 Å². The molecule has 1 fully saturated rings. The third-order valence-electron chi connectivity index (χ3n) is 4.45. The predicted octanol–water partition coefficient (Wildman–Crippen LogP) is 3.84.